The van der Waals surface area contributed by atoms with E-state index in [1.54, 1.807) is 0 Å². The highest BCUT2D eigenvalue weighted by Crippen LogP contribution is 2.18. The van der Waals surface area contributed by atoms with Crippen molar-refractivity contribution in [1.82, 2.24) is 15.3 Å². The minimum atomic E-state index is 0.103. The number of aromatic nitrogens is 2. The number of rotatable bonds is 3. The zero-order valence-electron chi connectivity index (χ0n) is 10.9. The summed E-state index contributed by atoms with van der Waals surface area (Å²) >= 11 is 5.86. The number of aromatic amines is 1. The van der Waals surface area contributed by atoms with Crippen LogP contribution in [0.25, 0.3) is 11.4 Å². The first-order valence-corrected chi connectivity index (χ1v) is 6.37. The number of hydrogen-bond donors (Lipinski definition) is 2. The predicted molar refractivity (Wildman–Crippen MR) is 75.6 cm³/mol. The minimum Gasteiger partial charge on any atom is -0.341 e. The van der Waals surface area contributed by atoms with Gasteiger partial charge in [0.1, 0.15) is 5.82 Å². The molecule has 2 rings (SSSR count). The van der Waals surface area contributed by atoms with Gasteiger partial charge >= 0.3 is 0 Å². The van der Waals surface area contributed by atoms with Gasteiger partial charge in [-0.15, -0.1) is 0 Å². The van der Waals surface area contributed by atoms with E-state index in [2.05, 4.69) is 36.1 Å². The van der Waals surface area contributed by atoms with Gasteiger partial charge in [0.05, 0.1) is 0 Å². The molecule has 1 heterocycles. The highest BCUT2D eigenvalue weighted by molar-refractivity contribution is 6.30. The molecule has 0 aliphatic rings. The SMILES string of the molecule is CC(C)(C)NCc1cnc(-c2ccc(Cl)cc2)[nH]1. The number of H-pyrrole nitrogens is 1. The summed E-state index contributed by atoms with van der Waals surface area (Å²) in [5, 5.41) is 4.16. The molecule has 3 nitrogen and oxygen atoms in total. The average Bonchev–Trinajstić information content (AvgIpc) is 2.75. The van der Waals surface area contributed by atoms with Crippen LogP contribution in [0, 0.1) is 0 Å². The molecule has 0 unspecified atom stereocenters. The van der Waals surface area contributed by atoms with E-state index in [0.29, 0.717) is 0 Å². The van der Waals surface area contributed by atoms with Crippen molar-refractivity contribution in [3.05, 3.63) is 41.2 Å². The van der Waals surface area contributed by atoms with Crippen molar-refractivity contribution in [2.75, 3.05) is 0 Å². The van der Waals surface area contributed by atoms with E-state index in [4.69, 9.17) is 11.6 Å². The summed E-state index contributed by atoms with van der Waals surface area (Å²) in [4.78, 5) is 7.68. The highest BCUT2D eigenvalue weighted by Gasteiger charge is 2.10. The Morgan fingerprint density at radius 2 is 1.89 bits per heavy atom. The van der Waals surface area contributed by atoms with Gasteiger partial charge in [-0.05, 0) is 45.0 Å². The van der Waals surface area contributed by atoms with Crippen molar-refractivity contribution in [2.24, 2.45) is 0 Å². The van der Waals surface area contributed by atoms with E-state index in [0.717, 1.165) is 28.6 Å². The maximum absolute atomic E-state index is 5.86. The molecule has 1 aromatic carbocycles. The average molecular weight is 264 g/mol. The van der Waals surface area contributed by atoms with Crippen LogP contribution in [0.3, 0.4) is 0 Å². The van der Waals surface area contributed by atoms with Crippen molar-refractivity contribution >= 4 is 11.6 Å². The molecular weight excluding hydrogens is 246 g/mol. The van der Waals surface area contributed by atoms with E-state index in [-0.39, 0.29) is 5.54 Å². The van der Waals surface area contributed by atoms with Crippen molar-refractivity contribution < 1.29 is 0 Å². The molecule has 0 fully saturated rings. The molecule has 4 heteroatoms. The Hall–Kier alpha value is -1.32. The predicted octanol–water partition coefficient (Wildman–Crippen LogP) is 3.62. The summed E-state index contributed by atoms with van der Waals surface area (Å²) in [5.74, 6) is 0.873. The van der Waals surface area contributed by atoms with Gasteiger partial charge in [0, 0.05) is 34.6 Å². The van der Waals surface area contributed by atoms with Crippen molar-refractivity contribution in [2.45, 2.75) is 32.9 Å². The molecule has 0 aliphatic heterocycles. The van der Waals surface area contributed by atoms with Crippen LogP contribution in [0.2, 0.25) is 5.02 Å². The first-order chi connectivity index (χ1) is 8.44. The van der Waals surface area contributed by atoms with Crippen LogP contribution < -0.4 is 5.32 Å². The molecule has 0 spiro atoms. The smallest absolute Gasteiger partial charge is 0.137 e. The van der Waals surface area contributed by atoms with E-state index in [1.165, 1.54) is 0 Å². The fraction of sp³-hybridized carbons (Fsp3) is 0.357. The summed E-state index contributed by atoms with van der Waals surface area (Å²) in [5.41, 5.74) is 2.22. The number of nitrogens with zero attached hydrogens (tertiary/aromatic N) is 1. The van der Waals surface area contributed by atoms with Crippen molar-refractivity contribution in [3.63, 3.8) is 0 Å². The number of halogens is 1. The molecule has 0 aliphatic carbocycles. The van der Waals surface area contributed by atoms with Crippen molar-refractivity contribution in [3.8, 4) is 11.4 Å². The molecule has 2 N–H and O–H groups in total. The summed E-state index contributed by atoms with van der Waals surface area (Å²) < 4.78 is 0. The van der Waals surface area contributed by atoms with Crippen LogP contribution in [0.5, 0.6) is 0 Å². The van der Waals surface area contributed by atoms with Crippen LogP contribution >= 0.6 is 11.6 Å². The van der Waals surface area contributed by atoms with Gasteiger partial charge in [-0.2, -0.15) is 0 Å². The largest absolute Gasteiger partial charge is 0.341 e. The number of hydrogen-bond acceptors (Lipinski definition) is 2. The lowest BCUT2D eigenvalue weighted by atomic mass is 10.1. The van der Waals surface area contributed by atoms with Gasteiger partial charge in [-0.1, -0.05) is 11.6 Å². The lowest BCUT2D eigenvalue weighted by molar-refractivity contribution is 0.422. The van der Waals surface area contributed by atoms with Crippen molar-refractivity contribution in [1.29, 1.82) is 0 Å². The van der Waals surface area contributed by atoms with Gasteiger partial charge in [-0.25, -0.2) is 4.98 Å². The van der Waals surface area contributed by atoms with Crippen LogP contribution in [0.1, 0.15) is 26.5 Å². The third-order valence-corrected chi connectivity index (χ3v) is 2.81. The number of nitrogens with one attached hydrogen (secondary N) is 2. The summed E-state index contributed by atoms with van der Waals surface area (Å²) in [6.07, 6.45) is 1.86. The molecule has 0 amide bonds. The second kappa shape index (κ2) is 5.12. The molecule has 0 saturated heterocycles. The van der Waals surface area contributed by atoms with Gasteiger partial charge in [0.2, 0.25) is 0 Å². The number of benzene rings is 1. The lowest BCUT2D eigenvalue weighted by Crippen LogP contribution is -2.35. The molecule has 2 aromatic rings. The molecule has 96 valence electrons. The maximum atomic E-state index is 5.86. The molecule has 0 saturated carbocycles. The van der Waals surface area contributed by atoms with Gasteiger partial charge < -0.3 is 10.3 Å². The number of imidazole rings is 1. The zero-order chi connectivity index (χ0) is 13.2. The maximum Gasteiger partial charge on any atom is 0.137 e. The Morgan fingerprint density at radius 1 is 1.22 bits per heavy atom. The van der Waals surface area contributed by atoms with E-state index >= 15 is 0 Å². The van der Waals surface area contributed by atoms with Gasteiger partial charge in [0.15, 0.2) is 0 Å². The van der Waals surface area contributed by atoms with Crippen LogP contribution in [-0.2, 0) is 6.54 Å². The first-order valence-electron chi connectivity index (χ1n) is 5.99. The highest BCUT2D eigenvalue weighted by atomic mass is 35.5. The van der Waals surface area contributed by atoms with E-state index in [9.17, 15) is 0 Å². The normalized spacial score (nSPS) is 11.8. The molecule has 1 aromatic heterocycles. The van der Waals surface area contributed by atoms with Crippen LogP contribution in [0.15, 0.2) is 30.5 Å². The van der Waals surface area contributed by atoms with Gasteiger partial charge in [-0.3, -0.25) is 0 Å². The lowest BCUT2D eigenvalue weighted by Gasteiger charge is -2.19. The summed E-state index contributed by atoms with van der Waals surface area (Å²) in [7, 11) is 0. The van der Waals surface area contributed by atoms with Crippen LogP contribution in [0.4, 0.5) is 0 Å². The van der Waals surface area contributed by atoms with E-state index in [1.807, 2.05) is 30.5 Å². The minimum absolute atomic E-state index is 0.103. The molecule has 0 bridgehead atoms. The summed E-state index contributed by atoms with van der Waals surface area (Å²) in [6, 6.07) is 7.66. The van der Waals surface area contributed by atoms with Crippen LogP contribution in [-0.4, -0.2) is 15.5 Å². The Balaban J connectivity index is 2.08. The molecule has 18 heavy (non-hydrogen) atoms. The molecule has 0 atom stereocenters. The standard InChI is InChI=1S/C14H18ClN3/c1-14(2,3)17-9-12-8-16-13(18-12)10-4-6-11(15)7-5-10/h4-8,17H,9H2,1-3H3,(H,16,18). The van der Waals surface area contributed by atoms with E-state index < -0.39 is 0 Å². The third-order valence-electron chi connectivity index (χ3n) is 2.56. The topological polar surface area (TPSA) is 40.7 Å². The fourth-order valence-electron chi connectivity index (χ4n) is 1.56. The third kappa shape index (κ3) is 3.59. The second-order valence-electron chi connectivity index (χ2n) is 5.37. The molecular formula is C14H18ClN3. The quantitative estimate of drug-likeness (QED) is 0.888. The Bertz CT molecular complexity index is 509. The Kier molecular flexibility index (Phi) is 3.73. The monoisotopic (exact) mass is 263 g/mol. The second-order valence-corrected chi connectivity index (χ2v) is 5.80. The van der Waals surface area contributed by atoms with Gasteiger partial charge in [0.25, 0.3) is 0 Å². The fourth-order valence-corrected chi connectivity index (χ4v) is 1.69. The summed E-state index contributed by atoms with van der Waals surface area (Å²) in [6.45, 7) is 7.21. The first kappa shape index (κ1) is 13.1. The zero-order valence-corrected chi connectivity index (χ0v) is 11.7. The Morgan fingerprint density at radius 3 is 2.50 bits per heavy atom. The molecule has 0 radical (unpaired) electrons. The Labute approximate surface area is 113 Å².